The molecule has 0 aromatic carbocycles. The Kier molecular flexibility index (Phi) is 4.24. The number of nitrogens with zero attached hydrogens (tertiary/aromatic N) is 1. The lowest BCUT2D eigenvalue weighted by molar-refractivity contribution is 0.204. The summed E-state index contributed by atoms with van der Waals surface area (Å²) in [7, 11) is 2.19. The van der Waals surface area contributed by atoms with Crippen molar-refractivity contribution >= 4 is 0 Å². The molecule has 3 heteroatoms. The molecule has 2 rings (SSSR count). The first kappa shape index (κ1) is 12.7. The predicted molar refractivity (Wildman–Crippen MR) is 70.0 cm³/mol. The number of furan rings is 1. The van der Waals surface area contributed by atoms with Crippen molar-refractivity contribution in [3.63, 3.8) is 0 Å². The van der Waals surface area contributed by atoms with Crippen molar-refractivity contribution in [2.75, 3.05) is 20.1 Å². The van der Waals surface area contributed by atoms with Crippen molar-refractivity contribution in [1.29, 1.82) is 0 Å². The average molecular weight is 236 g/mol. The van der Waals surface area contributed by atoms with E-state index in [1.807, 2.05) is 13.0 Å². The molecule has 1 aromatic rings. The van der Waals surface area contributed by atoms with Crippen LogP contribution in [0.3, 0.4) is 0 Å². The first-order valence-corrected chi connectivity index (χ1v) is 6.60. The first-order chi connectivity index (χ1) is 8.13. The summed E-state index contributed by atoms with van der Waals surface area (Å²) in [6, 6.07) is 4.79. The summed E-state index contributed by atoms with van der Waals surface area (Å²) in [6.45, 7) is 7.54. The van der Waals surface area contributed by atoms with E-state index in [1.54, 1.807) is 0 Å². The number of hydrogen-bond donors (Lipinski definition) is 1. The molecule has 1 saturated heterocycles. The van der Waals surface area contributed by atoms with Crippen molar-refractivity contribution in [2.45, 2.75) is 39.3 Å². The highest BCUT2D eigenvalue weighted by atomic mass is 16.3. The number of piperidine rings is 1. The van der Waals surface area contributed by atoms with Gasteiger partial charge in [0.2, 0.25) is 0 Å². The highest BCUT2D eigenvalue weighted by Crippen LogP contribution is 2.18. The monoisotopic (exact) mass is 236 g/mol. The molecule has 0 saturated carbocycles. The first-order valence-electron chi connectivity index (χ1n) is 6.60. The fraction of sp³-hybridized carbons (Fsp3) is 0.714. The van der Waals surface area contributed by atoms with Gasteiger partial charge in [-0.1, -0.05) is 0 Å². The summed E-state index contributed by atoms with van der Waals surface area (Å²) in [5.41, 5.74) is 0. The van der Waals surface area contributed by atoms with Crippen LogP contribution >= 0.6 is 0 Å². The maximum atomic E-state index is 5.61. The van der Waals surface area contributed by atoms with Crippen LogP contribution in [0.5, 0.6) is 0 Å². The van der Waals surface area contributed by atoms with Crippen LogP contribution in [0.15, 0.2) is 16.5 Å². The van der Waals surface area contributed by atoms with Crippen LogP contribution in [0.25, 0.3) is 0 Å². The number of rotatable bonds is 4. The predicted octanol–water partition coefficient (Wildman–Crippen LogP) is 2.41. The molecule has 0 spiro atoms. The Morgan fingerprint density at radius 2 is 2.29 bits per heavy atom. The van der Waals surface area contributed by atoms with Crippen LogP contribution in [-0.2, 0) is 6.54 Å². The second-order valence-electron chi connectivity index (χ2n) is 5.45. The third kappa shape index (κ3) is 3.86. The summed E-state index contributed by atoms with van der Waals surface area (Å²) in [6.07, 6.45) is 2.59. The van der Waals surface area contributed by atoms with Crippen LogP contribution in [0, 0.1) is 12.8 Å². The zero-order valence-electron chi connectivity index (χ0n) is 11.2. The van der Waals surface area contributed by atoms with Gasteiger partial charge in [0.25, 0.3) is 0 Å². The molecule has 0 bridgehead atoms. The Morgan fingerprint density at radius 1 is 1.47 bits per heavy atom. The lowest BCUT2D eigenvalue weighted by Crippen LogP contribution is -2.39. The number of aryl methyl sites for hydroxylation is 1. The zero-order chi connectivity index (χ0) is 12.3. The van der Waals surface area contributed by atoms with Crippen molar-refractivity contribution in [1.82, 2.24) is 10.2 Å². The molecule has 0 aliphatic carbocycles. The molecule has 1 aliphatic heterocycles. The standard InChI is InChI=1S/C14H24N2O/c1-11-8-13(6-7-15-11)9-16(3)10-14-5-4-12(2)17-14/h4-5,11,13,15H,6-10H2,1-3H3. The topological polar surface area (TPSA) is 28.4 Å². The third-order valence-corrected chi connectivity index (χ3v) is 3.52. The minimum atomic E-state index is 0.674. The van der Waals surface area contributed by atoms with E-state index >= 15 is 0 Å². The highest BCUT2D eigenvalue weighted by Gasteiger charge is 2.19. The maximum Gasteiger partial charge on any atom is 0.118 e. The van der Waals surface area contributed by atoms with Crippen LogP contribution in [-0.4, -0.2) is 31.1 Å². The minimum Gasteiger partial charge on any atom is -0.465 e. The molecule has 1 fully saturated rings. The van der Waals surface area contributed by atoms with Crippen LogP contribution in [0.4, 0.5) is 0 Å². The second-order valence-corrected chi connectivity index (χ2v) is 5.45. The van der Waals surface area contributed by atoms with Gasteiger partial charge in [0.05, 0.1) is 6.54 Å². The van der Waals surface area contributed by atoms with Crippen LogP contribution in [0.2, 0.25) is 0 Å². The summed E-state index contributed by atoms with van der Waals surface area (Å²) < 4.78 is 5.61. The molecular formula is C14H24N2O. The Balaban J connectivity index is 1.78. The summed E-state index contributed by atoms with van der Waals surface area (Å²) >= 11 is 0. The molecule has 0 radical (unpaired) electrons. The molecule has 1 aliphatic rings. The van der Waals surface area contributed by atoms with E-state index < -0.39 is 0 Å². The van der Waals surface area contributed by atoms with E-state index in [0.29, 0.717) is 6.04 Å². The van der Waals surface area contributed by atoms with Crippen molar-refractivity contribution in [3.05, 3.63) is 23.7 Å². The van der Waals surface area contributed by atoms with E-state index in [4.69, 9.17) is 4.42 Å². The molecule has 0 amide bonds. The Morgan fingerprint density at radius 3 is 2.94 bits per heavy atom. The molecule has 2 atom stereocenters. The fourth-order valence-corrected chi connectivity index (χ4v) is 2.74. The molecule has 2 heterocycles. The smallest absolute Gasteiger partial charge is 0.118 e. The van der Waals surface area contributed by atoms with E-state index in [0.717, 1.165) is 24.0 Å². The van der Waals surface area contributed by atoms with Gasteiger partial charge in [-0.25, -0.2) is 0 Å². The van der Waals surface area contributed by atoms with Gasteiger partial charge in [0.1, 0.15) is 11.5 Å². The van der Waals surface area contributed by atoms with Crippen LogP contribution in [0.1, 0.15) is 31.3 Å². The molecular weight excluding hydrogens is 212 g/mol. The SMILES string of the molecule is Cc1ccc(CN(C)CC2CCNC(C)C2)o1. The van der Waals surface area contributed by atoms with E-state index in [9.17, 15) is 0 Å². The van der Waals surface area contributed by atoms with E-state index in [1.165, 1.54) is 25.9 Å². The largest absolute Gasteiger partial charge is 0.465 e. The van der Waals surface area contributed by atoms with Gasteiger partial charge in [-0.05, 0) is 58.3 Å². The molecule has 1 aromatic heterocycles. The molecule has 17 heavy (non-hydrogen) atoms. The van der Waals surface area contributed by atoms with Gasteiger partial charge >= 0.3 is 0 Å². The molecule has 96 valence electrons. The van der Waals surface area contributed by atoms with Gasteiger partial charge in [0.15, 0.2) is 0 Å². The van der Waals surface area contributed by atoms with Gasteiger partial charge in [-0.3, -0.25) is 4.90 Å². The van der Waals surface area contributed by atoms with E-state index in [2.05, 4.69) is 30.3 Å². The summed E-state index contributed by atoms with van der Waals surface area (Å²) in [5.74, 6) is 2.91. The van der Waals surface area contributed by atoms with E-state index in [-0.39, 0.29) is 0 Å². The normalized spacial score (nSPS) is 25.4. The quantitative estimate of drug-likeness (QED) is 0.870. The molecule has 2 unspecified atom stereocenters. The minimum absolute atomic E-state index is 0.674. The third-order valence-electron chi connectivity index (χ3n) is 3.52. The van der Waals surface area contributed by atoms with Crippen molar-refractivity contribution < 1.29 is 4.42 Å². The highest BCUT2D eigenvalue weighted by molar-refractivity contribution is 5.05. The fourth-order valence-electron chi connectivity index (χ4n) is 2.74. The van der Waals surface area contributed by atoms with Gasteiger partial charge in [-0.2, -0.15) is 0 Å². The second kappa shape index (κ2) is 5.69. The van der Waals surface area contributed by atoms with Gasteiger partial charge in [-0.15, -0.1) is 0 Å². The Bertz CT molecular complexity index is 348. The number of nitrogens with one attached hydrogen (secondary N) is 1. The zero-order valence-corrected chi connectivity index (χ0v) is 11.2. The van der Waals surface area contributed by atoms with Gasteiger partial charge in [0, 0.05) is 12.6 Å². The lowest BCUT2D eigenvalue weighted by atomic mass is 9.93. The number of hydrogen-bond acceptors (Lipinski definition) is 3. The van der Waals surface area contributed by atoms with Crippen LogP contribution < -0.4 is 5.32 Å². The van der Waals surface area contributed by atoms with Gasteiger partial charge < -0.3 is 9.73 Å². The molecule has 3 nitrogen and oxygen atoms in total. The van der Waals surface area contributed by atoms with Crippen molar-refractivity contribution in [3.8, 4) is 0 Å². The Labute approximate surface area is 104 Å². The lowest BCUT2D eigenvalue weighted by Gasteiger charge is -2.30. The maximum absolute atomic E-state index is 5.61. The Hall–Kier alpha value is -0.800. The van der Waals surface area contributed by atoms with Crippen molar-refractivity contribution in [2.24, 2.45) is 5.92 Å². The summed E-state index contributed by atoms with van der Waals surface area (Å²) in [5, 5.41) is 3.50. The summed E-state index contributed by atoms with van der Waals surface area (Å²) in [4.78, 5) is 2.38. The molecule has 1 N–H and O–H groups in total. The average Bonchev–Trinajstić information content (AvgIpc) is 2.63.